The first-order valence-electron chi connectivity index (χ1n) is 4.81. The van der Waals surface area contributed by atoms with Gasteiger partial charge in [0.25, 0.3) is 0 Å². The fourth-order valence-corrected chi connectivity index (χ4v) is 1.41. The maximum atomic E-state index is 11.4. The second kappa shape index (κ2) is 4.28. The minimum absolute atomic E-state index is 0.0750. The van der Waals surface area contributed by atoms with Crippen LogP contribution in [-0.2, 0) is 11.3 Å². The number of esters is 1. The number of hydrogen-bond acceptors (Lipinski definition) is 6. The number of carbonyl (C=O) groups excluding carboxylic acids is 1. The van der Waals surface area contributed by atoms with E-state index in [0.29, 0.717) is 11.6 Å². The summed E-state index contributed by atoms with van der Waals surface area (Å²) in [6, 6.07) is 1.48. The SMILES string of the molecule is COC(=O)c1ccoc1Cn1c(C)noc1=O. The Morgan fingerprint density at radius 2 is 2.35 bits per heavy atom. The van der Waals surface area contributed by atoms with Gasteiger partial charge in [-0.1, -0.05) is 5.16 Å². The summed E-state index contributed by atoms with van der Waals surface area (Å²) in [6.07, 6.45) is 1.36. The number of furan rings is 1. The highest BCUT2D eigenvalue weighted by Gasteiger charge is 2.17. The lowest BCUT2D eigenvalue weighted by molar-refractivity contribution is 0.0598. The molecule has 7 heteroatoms. The Morgan fingerprint density at radius 1 is 1.59 bits per heavy atom. The highest BCUT2D eigenvalue weighted by atomic mass is 16.5. The maximum Gasteiger partial charge on any atom is 0.442 e. The summed E-state index contributed by atoms with van der Waals surface area (Å²) < 4.78 is 15.5. The van der Waals surface area contributed by atoms with Gasteiger partial charge in [0.05, 0.1) is 19.9 Å². The molecule has 0 aliphatic heterocycles. The molecule has 2 aromatic rings. The van der Waals surface area contributed by atoms with Crippen LogP contribution in [0.25, 0.3) is 0 Å². The third kappa shape index (κ3) is 1.99. The van der Waals surface area contributed by atoms with Crippen molar-refractivity contribution in [3.63, 3.8) is 0 Å². The van der Waals surface area contributed by atoms with Crippen LogP contribution in [0.1, 0.15) is 21.9 Å². The van der Waals surface area contributed by atoms with Gasteiger partial charge in [-0.2, -0.15) is 0 Å². The topological polar surface area (TPSA) is 87.5 Å². The molecule has 0 N–H and O–H groups in total. The summed E-state index contributed by atoms with van der Waals surface area (Å²) in [5.74, 6) is -0.391. The predicted molar refractivity (Wildman–Crippen MR) is 54.6 cm³/mol. The first kappa shape index (κ1) is 11.2. The minimum Gasteiger partial charge on any atom is -0.467 e. The molecule has 2 heterocycles. The van der Waals surface area contributed by atoms with Gasteiger partial charge < -0.3 is 9.15 Å². The molecule has 0 saturated carbocycles. The molecule has 0 fully saturated rings. The van der Waals surface area contributed by atoms with E-state index in [9.17, 15) is 9.59 Å². The Balaban J connectivity index is 2.34. The summed E-state index contributed by atoms with van der Waals surface area (Å²) >= 11 is 0. The second-order valence-corrected chi connectivity index (χ2v) is 3.33. The minimum atomic E-state index is -0.602. The molecule has 0 aliphatic rings. The standard InChI is InChI=1S/C10H10N2O5/c1-6-11-17-10(14)12(6)5-8-7(3-4-16-8)9(13)15-2/h3-4H,5H2,1-2H3. The van der Waals surface area contributed by atoms with Crippen molar-refractivity contribution in [1.82, 2.24) is 9.72 Å². The van der Waals surface area contributed by atoms with E-state index in [-0.39, 0.29) is 12.1 Å². The largest absolute Gasteiger partial charge is 0.467 e. The molecule has 0 bridgehead atoms. The van der Waals surface area contributed by atoms with Crippen LogP contribution in [0.15, 0.2) is 26.1 Å². The molecular formula is C10H10N2O5. The Bertz CT molecular complexity index is 592. The van der Waals surface area contributed by atoms with E-state index < -0.39 is 11.7 Å². The van der Waals surface area contributed by atoms with E-state index >= 15 is 0 Å². The van der Waals surface area contributed by atoms with Gasteiger partial charge in [0, 0.05) is 0 Å². The number of methoxy groups -OCH3 is 1. The Morgan fingerprint density at radius 3 is 2.94 bits per heavy atom. The molecule has 0 aromatic carbocycles. The molecule has 7 nitrogen and oxygen atoms in total. The van der Waals surface area contributed by atoms with Gasteiger partial charge in [-0.3, -0.25) is 9.09 Å². The van der Waals surface area contributed by atoms with E-state index in [1.54, 1.807) is 6.92 Å². The van der Waals surface area contributed by atoms with Gasteiger partial charge in [-0.15, -0.1) is 0 Å². The molecule has 0 saturated heterocycles. The molecule has 2 rings (SSSR count). The fourth-order valence-electron chi connectivity index (χ4n) is 1.41. The van der Waals surface area contributed by atoms with Crippen molar-refractivity contribution < 1.29 is 18.5 Å². The smallest absolute Gasteiger partial charge is 0.442 e. The number of ether oxygens (including phenoxy) is 1. The van der Waals surface area contributed by atoms with E-state index in [1.807, 2.05) is 0 Å². The van der Waals surface area contributed by atoms with Gasteiger partial charge in [0.2, 0.25) is 0 Å². The number of aromatic nitrogens is 2. The summed E-state index contributed by atoms with van der Waals surface area (Å²) in [7, 11) is 1.27. The van der Waals surface area contributed by atoms with Crippen LogP contribution < -0.4 is 5.76 Å². The molecule has 17 heavy (non-hydrogen) atoms. The zero-order chi connectivity index (χ0) is 12.4. The van der Waals surface area contributed by atoms with Crippen molar-refractivity contribution in [1.29, 1.82) is 0 Å². The molecule has 0 unspecified atom stereocenters. The number of aryl methyl sites for hydroxylation is 1. The first-order chi connectivity index (χ1) is 8.13. The predicted octanol–water partition coefficient (Wildman–Crippen LogP) is 0.573. The lowest BCUT2D eigenvalue weighted by Crippen LogP contribution is -2.17. The molecule has 2 aromatic heterocycles. The molecule has 0 aliphatic carbocycles. The summed E-state index contributed by atoms with van der Waals surface area (Å²) in [6.45, 7) is 1.69. The van der Waals surface area contributed by atoms with Crippen LogP contribution in [0.3, 0.4) is 0 Å². The summed E-state index contributed by atoms with van der Waals surface area (Å²) in [5.41, 5.74) is 0.278. The van der Waals surface area contributed by atoms with Crippen LogP contribution in [0.2, 0.25) is 0 Å². The zero-order valence-electron chi connectivity index (χ0n) is 9.30. The van der Waals surface area contributed by atoms with E-state index in [1.165, 1.54) is 24.0 Å². The molecule has 90 valence electrons. The second-order valence-electron chi connectivity index (χ2n) is 3.33. The number of hydrogen-bond donors (Lipinski definition) is 0. The van der Waals surface area contributed by atoms with Crippen molar-refractivity contribution in [3.8, 4) is 0 Å². The van der Waals surface area contributed by atoms with Crippen molar-refractivity contribution in [3.05, 3.63) is 40.0 Å². The molecule has 0 spiro atoms. The average Bonchev–Trinajstić information content (AvgIpc) is 2.90. The summed E-state index contributed by atoms with van der Waals surface area (Å²) in [5, 5.41) is 3.51. The quantitative estimate of drug-likeness (QED) is 0.726. The van der Waals surface area contributed by atoms with Gasteiger partial charge in [0.1, 0.15) is 11.3 Å². The molecule has 0 atom stereocenters. The lowest BCUT2D eigenvalue weighted by Gasteiger charge is -2.01. The van der Waals surface area contributed by atoms with Crippen molar-refractivity contribution >= 4 is 5.97 Å². The van der Waals surface area contributed by atoms with Crippen LogP contribution >= 0.6 is 0 Å². The molecular weight excluding hydrogens is 228 g/mol. The summed E-state index contributed by atoms with van der Waals surface area (Å²) in [4.78, 5) is 22.7. The zero-order valence-corrected chi connectivity index (χ0v) is 9.30. The van der Waals surface area contributed by atoms with Crippen LogP contribution in [-0.4, -0.2) is 22.8 Å². The van der Waals surface area contributed by atoms with Crippen molar-refractivity contribution in [2.45, 2.75) is 13.5 Å². The van der Waals surface area contributed by atoms with E-state index in [4.69, 9.17) is 4.42 Å². The maximum absolute atomic E-state index is 11.4. The fraction of sp³-hybridized carbons (Fsp3) is 0.300. The van der Waals surface area contributed by atoms with E-state index in [2.05, 4.69) is 14.4 Å². The van der Waals surface area contributed by atoms with Gasteiger partial charge in [-0.05, 0) is 13.0 Å². The highest BCUT2D eigenvalue weighted by molar-refractivity contribution is 5.90. The Kier molecular flexibility index (Phi) is 2.82. The normalized spacial score (nSPS) is 10.5. The van der Waals surface area contributed by atoms with Crippen molar-refractivity contribution in [2.75, 3.05) is 7.11 Å². The third-order valence-corrected chi connectivity index (χ3v) is 2.32. The monoisotopic (exact) mass is 238 g/mol. The van der Waals surface area contributed by atoms with E-state index in [0.717, 1.165) is 0 Å². The van der Waals surface area contributed by atoms with Gasteiger partial charge >= 0.3 is 11.7 Å². The van der Waals surface area contributed by atoms with Gasteiger partial charge in [-0.25, -0.2) is 9.59 Å². The number of rotatable bonds is 3. The lowest BCUT2D eigenvalue weighted by atomic mass is 10.2. The first-order valence-corrected chi connectivity index (χ1v) is 4.81. The average molecular weight is 238 g/mol. The van der Waals surface area contributed by atoms with Crippen LogP contribution in [0.4, 0.5) is 0 Å². The van der Waals surface area contributed by atoms with Crippen molar-refractivity contribution in [2.24, 2.45) is 0 Å². The molecule has 0 radical (unpaired) electrons. The Hall–Kier alpha value is -2.31. The Labute approximate surface area is 95.6 Å². The number of nitrogens with zero attached hydrogens (tertiary/aromatic N) is 2. The molecule has 0 amide bonds. The van der Waals surface area contributed by atoms with Crippen LogP contribution in [0.5, 0.6) is 0 Å². The van der Waals surface area contributed by atoms with Gasteiger partial charge in [0.15, 0.2) is 5.82 Å². The highest BCUT2D eigenvalue weighted by Crippen LogP contribution is 2.13. The van der Waals surface area contributed by atoms with Crippen LogP contribution in [0, 0.1) is 6.92 Å². The third-order valence-electron chi connectivity index (χ3n) is 2.32. The number of carbonyl (C=O) groups is 1.